The van der Waals surface area contributed by atoms with Gasteiger partial charge in [-0.3, -0.25) is 4.79 Å². The van der Waals surface area contributed by atoms with E-state index in [4.69, 9.17) is 5.73 Å². The summed E-state index contributed by atoms with van der Waals surface area (Å²) in [5.74, 6) is 0.127. The number of anilines is 1. The topological polar surface area (TPSA) is 72.1 Å². The molecule has 0 saturated carbocycles. The first-order chi connectivity index (χ1) is 12.1. The summed E-state index contributed by atoms with van der Waals surface area (Å²) in [4.78, 5) is 23.5. The number of thiophene rings is 1. The molecule has 7 heteroatoms. The summed E-state index contributed by atoms with van der Waals surface area (Å²) in [6, 6.07) is 6.42. The standard InChI is InChI=1S/C18H17FN4OS/c19-13-5-3-11(4-6-13)14-9-25-18-15(14)17(21-10-22-18)23-7-1-2-12(8-23)16(20)24/h3-6,9-10,12H,1-2,7-8H2,(H2,20,24). The predicted octanol–water partition coefficient (Wildman–Crippen LogP) is 3.20. The van der Waals surface area contributed by atoms with Gasteiger partial charge in [-0.2, -0.15) is 0 Å². The molecule has 1 saturated heterocycles. The molecule has 3 heterocycles. The van der Waals surface area contributed by atoms with Gasteiger partial charge >= 0.3 is 0 Å². The van der Waals surface area contributed by atoms with Crippen molar-refractivity contribution < 1.29 is 9.18 Å². The van der Waals surface area contributed by atoms with Gasteiger partial charge in [0.1, 0.15) is 22.8 Å². The average Bonchev–Trinajstić information content (AvgIpc) is 3.06. The molecule has 1 atom stereocenters. The zero-order chi connectivity index (χ0) is 17.4. The molecule has 1 aromatic carbocycles. The first kappa shape index (κ1) is 16.0. The van der Waals surface area contributed by atoms with Gasteiger partial charge in [-0.1, -0.05) is 12.1 Å². The highest BCUT2D eigenvalue weighted by molar-refractivity contribution is 7.17. The highest BCUT2D eigenvalue weighted by Crippen LogP contribution is 2.38. The van der Waals surface area contributed by atoms with Crippen molar-refractivity contribution >= 4 is 33.3 Å². The molecule has 0 spiro atoms. The fourth-order valence-corrected chi connectivity index (χ4v) is 4.25. The monoisotopic (exact) mass is 356 g/mol. The molecule has 0 radical (unpaired) electrons. The molecule has 2 N–H and O–H groups in total. The number of benzene rings is 1. The van der Waals surface area contributed by atoms with Crippen LogP contribution in [-0.2, 0) is 4.79 Å². The zero-order valence-corrected chi connectivity index (χ0v) is 14.3. The van der Waals surface area contributed by atoms with Crippen molar-refractivity contribution in [1.29, 1.82) is 0 Å². The first-order valence-corrected chi connectivity index (χ1v) is 9.04. The highest BCUT2D eigenvalue weighted by Gasteiger charge is 2.27. The number of halogens is 1. The Hall–Kier alpha value is -2.54. The number of nitrogens with two attached hydrogens (primary N) is 1. The Morgan fingerprint density at radius 3 is 2.84 bits per heavy atom. The van der Waals surface area contributed by atoms with Crippen LogP contribution in [0.1, 0.15) is 12.8 Å². The van der Waals surface area contributed by atoms with E-state index in [9.17, 15) is 9.18 Å². The maximum Gasteiger partial charge on any atom is 0.222 e. The largest absolute Gasteiger partial charge is 0.369 e. The quantitative estimate of drug-likeness (QED) is 0.782. The normalized spacial score (nSPS) is 17.8. The number of piperidine rings is 1. The van der Waals surface area contributed by atoms with E-state index in [-0.39, 0.29) is 17.6 Å². The minimum absolute atomic E-state index is 0.160. The van der Waals surface area contributed by atoms with Gasteiger partial charge in [-0.15, -0.1) is 11.3 Å². The Morgan fingerprint density at radius 2 is 2.08 bits per heavy atom. The van der Waals surface area contributed by atoms with Crippen molar-refractivity contribution in [1.82, 2.24) is 9.97 Å². The average molecular weight is 356 g/mol. The van der Waals surface area contributed by atoms with Crippen LogP contribution in [0.5, 0.6) is 0 Å². The van der Waals surface area contributed by atoms with Gasteiger partial charge in [0.05, 0.1) is 11.3 Å². The Labute approximate surface area is 148 Å². The molecule has 2 aromatic heterocycles. The number of amides is 1. The first-order valence-electron chi connectivity index (χ1n) is 8.16. The molecular formula is C18H17FN4OS. The van der Waals surface area contributed by atoms with Crippen molar-refractivity contribution in [2.75, 3.05) is 18.0 Å². The molecule has 1 amide bonds. The smallest absolute Gasteiger partial charge is 0.222 e. The lowest BCUT2D eigenvalue weighted by molar-refractivity contribution is -0.122. The second kappa shape index (κ2) is 6.40. The van der Waals surface area contributed by atoms with Crippen LogP contribution in [0, 0.1) is 11.7 Å². The third-order valence-corrected chi connectivity index (χ3v) is 5.52. The van der Waals surface area contributed by atoms with E-state index < -0.39 is 0 Å². The van der Waals surface area contributed by atoms with Gasteiger partial charge in [0.25, 0.3) is 0 Å². The van der Waals surface area contributed by atoms with Crippen LogP contribution in [0.15, 0.2) is 36.0 Å². The minimum Gasteiger partial charge on any atom is -0.369 e. The molecule has 1 aliphatic rings. The lowest BCUT2D eigenvalue weighted by atomic mass is 9.97. The van der Waals surface area contributed by atoms with E-state index in [2.05, 4.69) is 14.9 Å². The van der Waals surface area contributed by atoms with Crippen molar-refractivity contribution in [3.05, 3.63) is 41.8 Å². The van der Waals surface area contributed by atoms with Crippen LogP contribution in [0.2, 0.25) is 0 Å². The van der Waals surface area contributed by atoms with Gasteiger partial charge in [0, 0.05) is 24.0 Å². The van der Waals surface area contributed by atoms with Crippen LogP contribution in [-0.4, -0.2) is 29.0 Å². The van der Waals surface area contributed by atoms with E-state index in [0.717, 1.165) is 46.5 Å². The zero-order valence-electron chi connectivity index (χ0n) is 13.5. The third kappa shape index (κ3) is 2.95. The molecule has 0 bridgehead atoms. The number of nitrogens with zero attached hydrogens (tertiary/aromatic N) is 3. The number of carbonyl (C=O) groups excluding carboxylic acids is 1. The maximum atomic E-state index is 13.3. The second-order valence-corrected chi connectivity index (χ2v) is 7.08. The summed E-state index contributed by atoms with van der Waals surface area (Å²) in [6.45, 7) is 1.40. The molecule has 4 rings (SSSR count). The Bertz CT molecular complexity index is 924. The summed E-state index contributed by atoms with van der Waals surface area (Å²) >= 11 is 1.54. The summed E-state index contributed by atoms with van der Waals surface area (Å²) in [7, 11) is 0. The van der Waals surface area contributed by atoms with Crippen molar-refractivity contribution in [3.8, 4) is 11.1 Å². The molecule has 1 fully saturated rings. The van der Waals surface area contributed by atoms with Crippen LogP contribution in [0.4, 0.5) is 10.2 Å². The molecule has 0 aliphatic carbocycles. The van der Waals surface area contributed by atoms with Crippen LogP contribution in [0.25, 0.3) is 21.3 Å². The van der Waals surface area contributed by atoms with E-state index in [0.29, 0.717) is 6.54 Å². The van der Waals surface area contributed by atoms with Crippen molar-refractivity contribution in [2.45, 2.75) is 12.8 Å². The van der Waals surface area contributed by atoms with E-state index in [1.807, 2.05) is 5.38 Å². The fourth-order valence-electron chi connectivity index (χ4n) is 3.34. The van der Waals surface area contributed by atoms with Crippen LogP contribution < -0.4 is 10.6 Å². The maximum absolute atomic E-state index is 13.3. The summed E-state index contributed by atoms with van der Waals surface area (Å²) in [5, 5.41) is 2.97. The lowest BCUT2D eigenvalue weighted by Gasteiger charge is -2.32. The van der Waals surface area contributed by atoms with Gasteiger partial charge in [-0.25, -0.2) is 14.4 Å². The molecule has 128 valence electrons. The summed E-state index contributed by atoms with van der Waals surface area (Å²) < 4.78 is 13.3. The van der Waals surface area contributed by atoms with E-state index in [1.165, 1.54) is 23.5 Å². The number of primary amides is 1. The third-order valence-electron chi connectivity index (χ3n) is 4.63. The summed E-state index contributed by atoms with van der Waals surface area (Å²) in [6.07, 6.45) is 3.26. The number of fused-ring (bicyclic) bond motifs is 1. The predicted molar refractivity (Wildman–Crippen MR) is 96.9 cm³/mol. The Balaban J connectivity index is 1.80. The Morgan fingerprint density at radius 1 is 1.28 bits per heavy atom. The van der Waals surface area contributed by atoms with Gasteiger partial charge < -0.3 is 10.6 Å². The molecule has 3 aromatic rings. The number of rotatable bonds is 3. The van der Waals surface area contributed by atoms with Gasteiger partial charge in [0.2, 0.25) is 5.91 Å². The molecular weight excluding hydrogens is 339 g/mol. The second-order valence-electron chi connectivity index (χ2n) is 6.22. The van der Waals surface area contributed by atoms with Crippen LogP contribution >= 0.6 is 11.3 Å². The molecule has 1 aliphatic heterocycles. The SMILES string of the molecule is NC(=O)C1CCCN(c2ncnc3scc(-c4ccc(F)cc4)c23)C1. The minimum atomic E-state index is -0.265. The number of aromatic nitrogens is 2. The molecule has 25 heavy (non-hydrogen) atoms. The van der Waals surface area contributed by atoms with Crippen LogP contribution in [0.3, 0.4) is 0 Å². The lowest BCUT2D eigenvalue weighted by Crippen LogP contribution is -2.41. The van der Waals surface area contributed by atoms with Gasteiger partial charge in [-0.05, 0) is 30.5 Å². The summed E-state index contributed by atoms with van der Waals surface area (Å²) in [5.41, 5.74) is 7.41. The highest BCUT2D eigenvalue weighted by atomic mass is 32.1. The van der Waals surface area contributed by atoms with Gasteiger partial charge in [0.15, 0.2) is 0 Å². The fraction of sp³-hybridized carbons (Fsp3) is 0.278. The number of carbonyl (C=O) groups is 1. The molecule has 5 nitrogen and oxygen atoms in total. The number of hydrogen-bond acceptors (Lipinski definition) is 5. The Kier molecular flexibility index (Phi) is 4.09. The molecule has 1 unspecified atom stereocenters. The van der Waals surface area contributed by atoms with Crippen molar-refractivity contribution in [3.63, 3.8) is 0 Å². The van der Waals surface area contributed by atoms with E-state index >= 15 is 0 Å². The van der Waals surface area contributed by atoms with E-state index in [1.54, 1.807) is 18.5 Å². The number of hydrogen-bond donors (Lipinski definition) is 1. The van der Waals surface area contributed by atoms with Crippen molar-refractivity contribution in [2.24, 2.45) is 11.7 Å².